The van der Waals surface area contributed by atoms with Crippen molar-refractivity contribution in [3.05, 3.63) is 43.0 Å². The summed E-state index contributed by atoms with van der Waals surface area (Å²) in [6.07, 6.45) is 7.75. The molecule has 5 heterocycles. The van der Waals surface area contributed by atoms with Crippen LogP contribution in [0, 0.1) is 5.41 Å². The van der Waals surface area contributed by atoms with Gasteiger partial charge in [-0.3, -0.25) is 14.9 Å². The van der Waals surface area contributed by atoms with Gasteiger partial charge in [-0.25, -0.2) is 18.7 Å². The van der Waals surface area contributed by atoms with Crippen molar-refractivity contribution in [3.8, 4) is 11.4 Å². The zero-order valence-electron chi connectivity index (χ0n) is 16.7. The minimum Gasteiger partial charge on any atom is -0.356 e. The number of hydrogen-bond acceptors (Lipinski definition) is 6. The lowest BCUT2D eigenvalue weighted by molar-refractivity contribution is 0.0906. The standard InChI is InChI=1S/C22H24F2N6/c23-19(24)14-29-10-4-22(15-29)5-11-30(12-6-22)21-17-3-9-26-13-18(17)27-20(28-21)16-1-7-25-8-2-16/h1-3,7-9,13,19H,4-6,10-12,14-15H2. The molecule has 2 saturated heterocycles. The molecule has 2 aliphatic rings. The Morgan fingerprint density at radius 2 is 1.67 bits per heavy atom. The van der Waals surface area contributed by atoms with Crippen molar-refractivity contribution in [2.75, 3.05) is 37.6 Å². The molecule has 3 aromatic rings. The van der Waals surface area contributed by atoms with Gasteiger partial charge in [-0.05, 0) is 49.4 Å². The fourth-order valence-electron chi connectivity index (χ4n) is 4.81. The number of pyridine rings is 2. The lowest BCUT2D eigenvalue weighted by Gasteiger charge is -2.40. The van der Waals surface area contributed by atoms with Gasteiger partial charge >= 0.3 is 0 Å². The van der Waals surface area contributed by atoms with Crippen LogP contribution in [-0.4, -0.2) is 64.0 Å². The van der Waals surface area contributed by atoms with Crippen LogP contribution in [-0.2, 0) is 0 Å². The predicted molar refractivity (Wildman–Crippen MR) is 112 cm³/mol. The maximum absolute atomic E-state index is 12.8. The van der Waals surface area contributed by atoms with Crippen LogP contribution in [0.5, 0.6) is 0 Å². The van der Waals surface area contributed by atoms with Gasteiger partial charge in [0.2, 0.25) is 0 Å². The topological polar surface area (TPSA) is 58.0 Å². The molecule has 0 bridgehead atoms. The molecule has 0 atom stereocenters. The van der Waals surface area contributed by atoms with Gasteiger partial charge in [-0.15, -0.1) is 0 Å². The van der Waals surface area contributed by atoms with Crippen LogP contribution in [0.3, 0.4) is 0 Å². The number of halogens is 2. The number of piperidine rings is 1. The summed E-state index contributed by atoms with van der Waals surface area (Å²) in [5, 5.41) is 0.990. The Kier molecular flexibility index (Phi) is 5.02. The first kappa shape index (κ1) is 19.2. The van der Waals surface area contributed by atoms with Crippen molar-refractivity contribution in [1.82, 2.24) is 24.8 Å². The average Bonchev–Trinajstić information content (AvgIpc) is 3.15. The number of alkyl halides is 2. The Labute approximate surface area is 174 Å². The predicted octanol–water partition coefficient (Wildman–Crippen LogP) is 3.64. The minimum atomic E-state index is -2.26. The normalized spacial score (nSPS) is 19.2. The number of rotatable bonds is 4. The Balaban J connectivity index is 1.41. The summed E-state index contributed by atoms with van der Waals surface area (Å²) >= 11 is 0. The molecule has 30 heavy (non-hydrogen) atoms. The lowest BCUT2D eigenvalue weighted by atomic mass is 9.78. The van der Waals surface area contributed by atoms with Gasteiger partial charge in [-0.2, -0.15) is 0 Å². The van der Waals surface area contributed by atoms with Crippen LogP contribution in [0.2, 0.25) is 0 Å². The molecule has 5 rings (SSSR count). The van der Waals surface area contributed by atoms with Gasteiger partial charge in [0.15, 0.2) is 5.82 Å². The molecular formula is C22H24F2N6. The molecular weight excluding hydrogens is 386 g/mol. The number of hydrogen-bond donors (Lipinski definition) is 0. The van der Waals surface area contributed by atoms with Gasteiger partial charge in [0, 0.05) is 49.2 Å². The highest BCUT2D eigenvalue weighted by Gasteiger charge is 2.41. The van der Waals surface area contributed by atoms with Crippen LogP contribution in [0.4, 0.5) is 14.6 Å². The molecule has 2 fully saturated rings. The van der Waals surface area contributed by atoms with E-state index in [2.05, 4.69) is 14.9 Å². The molecule has 2 aliphatic heterocycles. The Morgan fingerprint density at radius 1 is 0.933 bits per heavy atom. The van der Waals surface area contributed by atoms with Gasteiger partial charge in [0.1, 0.15) is 5.82 Å². The maximum Gasteiger partial charge on any atom is 0.251 e. The van der Waals surface area contributed by atoms with E-state index in [4.69, 9.17) is 9.97 Å². The van der Waals surface area contributed by atoms with E-state index < -0.39 is 6.43 Å². The number of nitrogens with zero attached hydrogens (tertiary/aromatic N) is 6. The smallest absolute Gasteiger partial charge is 0.251 e. The van der Waals surface area contributed by atoms with E-state index in [1.807, 2.05) is 23.1 Å². The molecule has 0 aromatic carbocycles. The third kappa shape index (κ3) is 3.71. The molecule has 0 amide bonds. The fraction of sp³-hybridized carbons (Fsp3) is 0.455. The second-order valence-corrected chi connectivity index (χ2v) is 8.36. The van der Waals surface area contributed by atoms with Gasteiger partial charge in [0.05, 0.1) is 18.3 Å². The van der Waals surface area contributed by atoms with E-state index in [9.17, 15) is 8.78 Å². The molecule has 0 radical (unpaired) electrons. The second kappa shape index (κ2) is 7.83. The zero-order chi connectivity index (χ0) is 20.6. The minimum absolute atomic E-state index is 0.107. The van der Waals surface area contributed by atoms with Crippen molar-refractivity contribution in [3.63, 3.8) is 0 Å². The Bertz CT molecular complexity index is 1020. The van der Waals surface area contributed by atoms with E-state index in [0.29, 0.717) is 5.82 Å². The van der Waals surface area contributed by atoms with Crippen molar-refractivity contribution in [2.45, 2.75) is 25.7 Å². The van der Waals surface area contributed by atoms with Crippen molar-refractivity contribution < 1.29 is 8.78 Å². The first-order chi connectivity index (χ1) is 14.6. The van der Waals surface area contributed by atoms with Crippen LogP contribution >= 0.6 is 0 Å². The highest BCUT2D eigenvalue weighted by Crippen LogP contribution is 2.42. The molecule has 1 spiro atoms. The summed E-state index contributed by atoms with van der Waals surface area (Å²) in [5.41, 5.74) is 1.89. The van der Waals surface area contributed by atoms with E-state index in [1.165, 1.54) is 0 Å². The summed E-state index contributed by atoms with van der Waals surface area (Å²) in [4.78, 5) is 22.2. The van der Waals surface area contributed by atoms with Crippen molar-refractivity contribution >= 4 is 16.7 Å². The molecule has 0 unspecified atom stereocenters. The van der Waals surface area contributed by atoms with Crippen LogP contribution in [0.1, 0.15) is 19.3 Å². The molecule has 8 heteroatoms. The zero-order valence-corrected chi connectivity index (χ0v) is 16.7. The Hall–Kier alpha value is -2.74. The summed E-state index contributed by atoms with van der Waals surface area (Å²) in [5.74, 6) is 1.59. The number of anilines is 1. The highest BCUT2D eigenvalue weighted by molar-refractivity contribution is 5.90. The summed E-state index contributed by atoms with van der Waals surface area (Å²) in [7, 11) is 0. The quantitative estimate of drug-likeness (QED) is 0.655. The fourth-order valence-corrected chi connectivity index (χ4v) is 4.81. The molecule has 156 valence electrons. The largest absolute Gasteiger partial charge is 0.356 e. The third-order valence-electron chi connectivity index (χ3n) is 6.45. The first-order valence-electron chi connectivity index (χ1n) is 10.4. The Morgan fingerprint density at radius 3 is 2.43 bits per heavy atom. The second-order valence-electron chi connectivity index (χ2n) is 8.36. The number of fused-ring (bicyclic) bond motifs is 1. The first-order valence-corrected chi connectivity index (χ1v) is 10.4. The third-order valence-corrected chi connectivity index (χ3v) is 6.45. The van der Waals surface area contributed by atoms with Gasteiger partial charge in [-0.1, -0.05) is 0 Å². The van der Waals surface area contributed by atoms with Gasteiger partial charge < -0.3 is 4.90 Å². The summed E-state index contributed by atoms with van der Waals surface area (Å²) < 4.78 is 25.6. The van der Waals surface area contributed by atoms with E-state index in [0.717, 1.165) is 67.7 Å². The molecule has 0 aliphatic carbocycles. The summed E-state index contributed by atoms with van der Waals surface area (Å²) in [6.45, 7) is 3.18. The van der Waals surface area contributed by atoms with E-state index >= 15 is 0 Å². The number of likely N-dealkylation sites (tertiary alicyclic amines) is 1. The average molecular weight is 410 g/mol. The van der Waals surface area contributed by atoms with Crippen LogP contribution in [0.15, 0.2) is 43.0 Å². The maximum atomic E-state index is 12.8. The van der Waals surface area contributed by atoms with E-state index in [-0.39, 0.29) is 12.0 Å². The molecule has 3 aromatic heterocycles. The van der Waals surface area contributed by atoms with Crippen LogP contribution in [0.25, 0.3) is 22.3 Å². The number of aromatic nitrogens is 4. The SMILES string of the molecule is FC(F)CN1CCC2(CCN(c3nc(-c4ccncc4)nc4cnccc34)CC2)C1. The van der Waals surface area contributed by atoms with Crippen LogP contribution < -0.4 is 4.90 Å². The molecule has 6 nitrogen and oxygen atoms in total. The molecule has 0 saturated carbocycles. The van der Waals surface area contributed by atoms with E-state index in [1.54, 1.807) is 24.8 Å². The monoisotopic (exact) mass is 410 g/mol. The summed E-state index contributed by atoms with van der Waals surface area (Å²) in [6, 6.07) is 5.77. The van der Waals surface area contributed by atoms with Crippen molar-refractivity contribution in [2.24, 2.45) is 5.41 Å². The van der Waals surface area contributed by atoms with Crippen molar-refractivity contribution in [1.29, 1.82) is 0 Å². The molecule has 0 N–H and O–H groups in total. The lowest BCUT2D eigenvalue weighted by Crippen LogP contribution is -2.42. The highest BCUT2D eigenvalue weighted by atomic mass is 19.3. The van der Waals surface area contributed by atoms with Gasteiger partial charge in [0.25, 0.3) is 6.43 Å².